The Balaban J connectivity index is 0.00000336. The minimum absolute atomic E-state index is 0. The van der Waals surface area contributed by atoms with Crippen LogP contribution in [-0.2, 0) is 21.4 Å². The van der Waals surface area contributed by atoms with E-state index >= 15 is 0 Å². The van der Waals surface area contributed by atoms with Gasteiger partial charge in [-0.1, -0.05) is 36.4 Å². The molecule has 1 N–H and O–H groups in total. The summed E-state index contributed by atoms with van der Waals surface area (Å²) in [5.74, 6) is 1.60. The lowest BCUT2D eigenvalue weighted by Crippen LogP contribution is -2.25. The van der Waals surface area contributed by atoms with Gasteiger partial charge in [-0.3, -0.25) is 9.59 Å². The summed E-state index contributed by atoms with van der Waals surface area (Å²) >= 11 is 0. The molecule has 0 unspecified atom stereocenters. The van der Waals surface area contributed by atoms with Gasteiger partial charge in [0.25, 0.3) is 5.91 Å². The predicted octanol–water partition coefficient (Wildman–Crippen LogP) is 5.64. The van der Waals surface area contributed by atoms with E-state index in [1.165, 1.54) is 0 Å². The molecule has 0 spiro atoms. The van der Waals surface area contributed by atoms with Crippen LogP contribution in [0.1, 0.15) is 54.7 Å². The quantitative estimate of drug-likeness (QED) is 0.345. The van der Waals surface area contributed by atoms with Crippen LogP contribution in [0.3, 0.4) is 0 Å². The second kappa shape index (κ2) is 10.8. The first kappa shape index (κ1) is 25.0. The van der Waals surface area contributed by atoms with E-state index in [0.29, 0.717) is 31.7 Å². The Labute approximate surface area is 219 Å². The van der Waals surface area contributed by atoms with Gasteiger partial charge >= 0.3 is 0 Å². The number of Topliss-reactive ketones (excluding diaryl/α,β-unsaturated/α-hetero) is 1. The summed E-state index contributed by atoms with van der Waals surface area (Å²) in [4.78, 5) is 25.9. The van der Waals surface area contributed by atoms with Crippen LogP contribution in [0.25, 0.3) is 11.1 Å². The molecule has 1 saturated carbocycles. The van der Waals surface area contributed by atoms with Crippen molar-refractivity contribution in [3.05, 3.63) is 82.9 Å². The number of ether oxygens (including phenoxy) is 3. The zero-order valence-electron chi connectivity index (χ0n) is 21.5. The molecule has 3 aromatic carbocycles. The summed E-state index contributed by atoms with van der Waals surface area (Å²) in [7, 11) is 0. The van der Waals surface area contributed by atoms with Crippen LogP contribution < -0.4 is 14.8 Å². The molecule has 3 aromatic rings. The van der Waals surface area contributed by atoms with Crippen LogP contribution in [0.2, 0.25) is 0 Å². The van der Waals surface area contributed by atoms with Gasteiger partial charge in [-0.25, -0.2) is 0 Å². The summed E-state index contributed by atoms with van der Waals surface area (Å²) < 4.78 is 16.3. The first-order valence-electron chi connectivity index (χ1n) is 13.0. The van der Waals surface area contributed by atoms with Gasteiger partial charge in [0.05, 0.1) is 5.41 Å². The van der Waals surface area contributed by atoms with Gasteiger partial charge in [-0.2, -0.15) is 0 Å². The van der Waals surface area contributed by atoms with Crippen LogP contribution in [0.4, 0.5) is 0 Å². The Morgan fingerprint density at radius 3 is 2.54 bits per heavy atom. The molecule has 0 saturated heterocycles. The second-order valence-electron chi connectivity index (χ2n) is 9.78. The molecule has 2 aliphatic rings. The van der Waals surface area contributed by atoms with Crippen LogP contribution >= 0.6 is 0 Å². The molecule has 0 aromatic heterocycles. The Hall–Kier alpha value is -3.64. The number of amides is 1. The molecule has 1 fully saturated rings. The Morgan fingerprint density at radius 2 is 1.78 bits per heavy atom. The van der Waals surface area contributed by atoms with Crippen LogP contribution in [-0.4, -0.2) is 38.2 Å². The molecule has 0 bridgehead atoms. The number of carbonyl (C=O) groups is 2. The minimum Gasteiger partial charge on any atom is -0.454 e. The maximum absolute atomic E-state index is 13.5. The number of carbonyl (C=O) groups excluding carboxylic acids is 2. The van der Waals surface area contributed by atoms with Crippen molar-refractivity contribution in [1.29, 1.82) is 0 Å². The summed E-state index contributed by atoms with van der Waals surface area (Å²) in [6, 6.07) is 19.7. The molecule has 0 atom stereocenters. The molecule has 37 heavy (non-hydrogen) atoms. The van der Waals surface area contributed by atoms with Crippen LogP contribution in [0.15, 0.2) is 60.7 Å². The monoisotopic (exact) mass is 501 g/mol. The molecular weight excluding hydrogens is 466 g/mol. The summed E-state index contributed by atoms with van der Waals surface area (Å²) in [5, 5.41) is 2.94. The van der Waals surface area contributed by atoms with E-state index in [1.54, 1.807) is 0 Å². The normalized spacial score (nSPS) is 14.9. The lowest BCUT2D eigenvalue weighted by atomic mass is 9.87. The van der Waals surface area contributed by atoms with Gasteiger partial charge in [0.1, 0.15) is 5.78 Å². The number of hydrogen-bond acceptors (Lipinski definition) is 5. The Kier molecular flexibility index (Phi) is 7.28. The standard InChI is InChI=1S/C31H33NO5.H2/c1-3-35-16-4-15-32-30(34)24-9-7-23(8-10-24)26-17-22(6-5-21(26)2)18-29(33)31(13-14-31)25-11-12-27-28(19-25)37-20-36-27;/h5-12,17,19H,3-4,13-16,18,20H2,1-2H3,(H,32,34);1H. The molecule has 6 heteroatoms. The van der Waals surface area contributed by atoms with Crippen molar-refractivity contribution < 1.29 is 25.2 Å². The van der Waals surface area contributed by atoms with E-state index in [-0.39, 0.29) is 19.9 Å². The maximum Gasteiger partial charge on any atom is 0.251 e. The lowest BCUT2D eigenvalue weighted by Gasteiger charge is -2.16. The Bertz CT molecular complexity index is 1300. The minimum atomic E-state index is -0.427. The van der Waals surface area contributed by atoms with Gasteiger partial charge in [0.15, 0.2) is 11.5 Å². The van der Waals surface area contributed by atoms with E-state index in [1.807, 2.05) is 55.5 Å². The third-order valence-electron chi connectivity index (χ3n) is 7.29. The lowest BCUT2D eigenvalue weighted by molar-refractivity contribution is -0.120. The molecule has 1 heterocycles. The largest absolute Gasteiger partial charge is 0.454 e. The van der Waals surface area contributed by atoms with Gasteiger partial charge in [0, 0.05) is 33.2 Å². The average molecular weight is 502 g/mol. The number of hydrogen-bond donors (Lipinski definition) is 1. The molecule has 0 radical (unpaired) electrons. The highest BCUT2D eigenvalue weighted by atomic mass is 16.7. The third-order valence-corrected chi connectivity index (χ3v) is 7.29. The van der Waals surface area contributed by atoms with Crippen molar-refractivity contribution in [1.82, 2.24) is 5.32 Å². The van der Waals surface area contributed by atoms with Crippen molar-refractivity contribution in [2.45, 2.75) is 44.9 Å². The maximum atomic E-state index is 13.5. The van der Waals surface area contributed by atoms with Crippen LogP contribution in [0, 0.1) is 6.92 Å². The van der Waals surface area contributed by atoms with Crippen molar-refractivity contribution in [3.63, 3.8) is 0 Å². The SMILES string of the molecule is CCOCCCNC(=O)c1ccc(-c2cc(CC(=O)C3(c4ccc5c(c4)OCO5)CC3)ccc2C)cc1.[HH]. The fourth-order valence-corrected chi connectivity index (χ4v) is 4.92. The van der Waals surface area contributed by atoms with E-state index < -0.39 is 5.41 Å². The van der Waals surface area contributed by atoms with Crippen molar-refractivity contribution in [2.75, 3.05) is 26.6 Å². The fourth-order valence-electron chi connectivity index (χ4n) is 4.92. The average Bonchev–Trinajstić information content (AvgIpc) is 3.60. The zero-order valence-corrected chi connectivity index (χ0v) is 21.5. The van der Waals surface area contributed by atoms with Crippen molar-refractivity contribution in [3.8, 4) is 22.6 Å². The number of benzene rings is 3. The second-order valence-corrected chi connectivity index (χ2v) is 9.78. The predicted molar refractivity (Wildman–Crippen MR) is 144 cm³/mol. The van der Waals surface area contributed by atoms with Crippen molar-refractivity contribution >= 4 is 11.7 Å². The third kappa shape index (κ3) is 5.39. The number of fused-ring (bicyclic) bond motifs is 1. The van der Waals surface area contributed by atoms with E-state index in [4.69, 9.17) is 14.2 Å². The number of aryl methyl sites for hydroxylation is 1. The molecule has 1 aliphatic heterocycles. The summed E-state index contributed by atoms with van der Waals surface area (Å²) in [6.45, 7) is 6.17. The van der Waals surface area contributed by atoms with Crippen molar-refractivity contribution in [2.24, 2.45) is 0 Å². The van der Waals surface area contributed by atoms with Gasteiger partial charge < -0.3 is 19.5 Å². The molecular formula is C31H35NO5. The topological polar surface area (TPSA) is 73.9 Å². The molecule has 1 aliphatic carbocycles. The molecule has 5 rings (SSSR count). The van der Waals surface area contributed by atoms with Gasteiger partial charge in [-0.15, -0.1) is 0 Å². The highest BCUT2D eigenvalue weighted by Gasteiger charge is 2.50. The highest BCUT2D eigenvalue weighted by Crippen LogP contribution is 2.51. The molecule has 6 nitrogen and oxygen atoms in total. The molecule has 1 amide bonds. The number of ketones is 1. The summed E-state index contributed by atoms with van der Waals surface area (Å²) in [5.41, 5.74) is 5.43. The van der Waals surface area contributed by atoms with E-state index in [0.717, 1.165) is 58.6 Å². The van der Waals surface area contributed by atoms with Crippen LogP contribution in [0.5, 0.6) is 11.5 Å². The number of nitrogens with one attached hydrogen (secondary N) is 1. The van der Waals surface area contributed by atoms with Gasteiger partial charge in [-0.05, 0) is 85.2 Å². The smallest absolute Gasteiger partial charge is 0.251 e. The number of rotatable bonds is 11. The van der Waals surface area contributed by atoms with E-state index in [9.17, 15) is 9.59 Å². The highest BCUT2D eigenvalue weighted by molar-refractivity contribution is 5.95. The van der Waals surface area contributed by atoms with Gasteiger partial charge in [0.2, 0.25) is 6.79 Å². The first-order valence-corrected chi connectivity index (χ1v) is 13.0. The molecule has 194 valence electrons. The van der Waals surface area contributed by atoms with E-state index in [2.05, 4.69) is 24.4 Å². The first-order chi connectivity index (χ1) is 18.0. The summed E-state index contributed by atoms with van der Waals surface area (Å²) in [6.07, 6.45) is 2.89. The zero-order chi connectivity index (χ0) is 25.8. The Morgan fingerprint density at radius 1 is 1.00 bits per heavy atom. The fraction of sp³-hybridized carbons (Fsp3) is 0.355.